The number of aryl methyl sites for hydroxylation is 1. The van der Waals surface area contributed by atoms with E-state index in [1.807, 2.05) is 0 Å². The van der Waals surface area contributed by atoms with Gasteiger partial charge in [-0.15, -0.1) is 0 Å². The van der Waals surface area contributed by atoms with Crippen molar-refractivity contribution in [3.8, 4) is 0 Å². The van der Waals surface area contributed by atoms with Gasteiger partial charge in [-0.2, -0.15) is 0 Å². The van der Waals surface area contributed by atoms with Crippen molar-refractivity contribution in [1.82, 2.24) is 4.98 Å². The molecule has 0 saturated heterocycles. The van der Waals surface area contributed by atoms with E-state index in [9.17, 15) is 9.59 Å². The summed E-state index contributed by atoms with van der Waals surface area (Å²) in [7, 11) is 0. The first-order valence-corrected chi connectivity index (χ1v) is 6.50. The van der Waals surface area contributed by atoms with Crippen molar-refractivity contribution < 1.29 is 14.7 Å². The Morgan fingerprint density at radius 1 is 1.25 bits per heavy atom. The summed E-state index contributed by atoms with van der Waals surface area (Å²) in [6, 6.07) is 8.28. The van der Waals surface area contributed by atoms with Gasteiger partial charge in [0.1, 0.15) is 0 Å². The van der Waals surface area contributed by atoms with Gasteiger partial charge in [0.25, 0.3) is 0 Å². The molecule has 0 aliphatic carbocycles. The average Bonchev–Trinajstić information content (AvgIpc) is 2.79. The number of carboxylic acid groups (broad SMARTS) is 1. The molecular formula is C15H14ClNO3. The van der Waals surface area contributed by atoms with Crippen molar-refractivity contribution in [2.24, 2.45) is 0 Å². The van der Waals surface area contributed by atoms with Crippen LogP contribution in [0.3, 0.4) is 0 Å². The predicted molar refractivity (Wildman–Crippen MR) is 76.5 cm³/mol. The lowest BCUT2D eigenvalue weighted by Crippen LogP contribution is -2.09. The highest BCUT2D eigenvalue weighted by Gasteiger charge is 2.20. The number of carboxylic acids is 1. The van der Waals surface area contributed by atoms with Crippen LogP contribution in [0.1, 0.15) is 40.2 Å². The number of aliphatic carboxylic acids is 1. The molecular weight excluding hydrogens is 278 g/mol. The largest absolute Gasteiger partial charge is 0.481 e. The first-order valence-electron chi connectivity index (χ1n) is 6.12. The number of ketones is 1. The number of halogens is 1. The number of benzene rings is 1. The number of carbonyl (C=O) groups excluding carboxylic acids is 1. The van der Waals surface area contributed by atoms with E-state index in [2.05, 4.69) is 4.98 Å². The van der Waals surface area contributed by atoms with Crippen LogP contribution < -0.4 is 0 Å². The van der Waals surface area contributed by atoms with Gasteiger partial charge in [-0.3, -0.25) is 9.59 Å². The van der Waals surface area contributed by atoms with Crippen LogP contribution in [0.4, 0.5) is 0 Å². The summed E-state index contributed by atoms with van der Waals surface area (Å²) in [5, 5.41) is 9.56. The van der Waals surface area contributed by atoms with Crippen molar-refractivity contribution in [3.63, 3.8) is 0 Å². The lowest BCUT2D eigenvalue weighted by atomic mass is 10.1. The maximum atomic E-state index is 12.4. The second-order valence-electron chi connectivity index (χ2n) is 4.68. The highest BCUT2D eigenvalue weighted by molar-refractivity contribution is 6.30. The Bertz CT molecular complexity index is 658. The third-order valence-electron chi connectivity index (χ3n) is 3.21. The molecule has 0 aliphatic heterocycles. The van der Waals surface area contributed by atoms with E-state index in [1.54, 1.807) is 44.2 Å². The SMILES string of the molecule is Cc1cc(C(C)C(=O)O)[nH]c1C(=O)c1ccc(Cl)cc1. The van der Waals surface area contributed by atoms with Gasteiger partial charge in [0.15, 0.2) is 0 Å². The van der Waals surface area contributed by atoms with E-state index in [0.717, 1.165) is 5.56 Å². The molecule has 0 amide bonds. The molecule has 0 saturated carbocycles. The Kier molecular flexibility index (Phi) is 3.95. The van der Waals surface area contributed by atoms with Crippen LogP contribution in [-0.2, 0) is 4.79 Å². The van der Waals surface area contributed by atoms with Gasteiger partial charge in [-0.05, 0) is 49.7 Å². The van der Waals surface area contributed by atoms with Gasteiger partial charge in [-0.25, -0.2) is 0 Å². The van der Waals surface area contributed by atoms with Gasteiger partial charge in [0, 0.05) is 16.3 Å². The average molecular weight is 292 g/mol. The normalized spacial score (nSPS) is 12.2. The minimum Gasteiger partial charge on any atom is -0.481 e. The minimum absolute atomic E-state index is 0.178. The monoisotopic (exact) mass is 291 g/mol. The van der Waals surface area contributed by atoms with E-state index < -0.39 is 11.9 Å². The lowest BCUT2D eigenvalue weighted by molar-refractivity contribution is -0.138. The van der Waals surface area contributed by atoms with E-state index in [4.69, 9.17) is 16.7 Å². The number of aromatic nitrogens is 1. The molecule has 0 fully saturated rings. The van der Waals surface area contributed by atoms with Gasteiger partial charge in [0.05, 0.1) is 11.6 Å². The van der Waals surface area contributed by atoms with E-state index in [1.165, 1.54) is 0 Å². The Labute approximate surface area is 121 Å². The molecule has 1 aromatic heterocycles. The highest BCUT2D eigenvalue weighted by Crippen LogP contribution is 2.21. The molecule has 4 nitrogen and oxygen atoms in total. The van der Waals surface area contributed by atoms with Gasteiger partial charge in [-0.1, -0.05) is 11.6 Å². The smallest absolute Gasteiger partial charge is 0.312 e. The fourth-order valence-electron chi connectivity index (χ4n) is 1.93. The number of rotatable bonds is 4. The topological polar surface area (TPSA) is 70.2 Å². The first-order chi connectivity index (χ1) is 9.40. The Balaban J connectivity index is 2.35. The van der Waals surface area contributed by atoms with Crippen LogP contribution in [0.2, 0.25) is 5.02 Å². The van der Waals surface area contributed by atoms with E-state index in [-0.39, 0.29) is 5.78 Å². The number of H-pyrrole nitrogens is 1. The molecule has 1 unspecified atom stereocenters. The maximum absolute atomic E-state index is 12.4. The third kappa shape index (κ3) is 2.75. The summed E-state index contributed by atoms with van der Waals surface area (Å²) < 4.78 is 0. The molecule has 0 bridgehead atoms. The van der Waals surface area contributed by atoms with Crippen molar-refractivity contribution in [2.75, 3.05) is 0 Å². The molecule has 0 radical (unpaired) electrons. The molecule has 1 heterocycles. The summed E-state index contributed by atoms with van der Waals surface area (Å²) >= 11 is 5.79. The van der Waals surface area contributed by atoms with Crippen molar-refractivity contribution in [2.45, 2.75) is 19.8 Å². The second-order valence-corrected chi connectivity index (χ2v) is 5.12. The number of hydrogen-bond donors (Lipinski definition) is 2. The molecule has 0 aliphatic rings. The van der Waals surface area contributed by atoms with E-state index in [0.29, 0.717) is 22.0 Å². The zero-order chi connectivity index (χ0) is 14.9. The lowest BCUT2D eigenvalue weighted by Gasteiger charge is -2.03. The predicted octanol–water partition coefficient (Wildman–Crippen LogP) is 3.40. The zero-order valence-electron chi connectivity index (χ0n) is 11.1. The van der Waals surface area contributed by atoms with Gasteiger partial charge in [0.2, 0.25) is 5.78 Å². The molecule has 0 spiro atoms. The number of carbonyl (C=O) groups is 2. The Hall–Kier alpha value is -2.07. The first kappa shape index (κ1) is 14.3. The second kappa shape index (κ2) is 5.51. The molecule has 104 valence electrons. The summed E-state index contributed by atoms with van der Waals surface area (Å²) in [6.07, 6.45) is 0. The van der Waals surface area contributed by atoms with Crippen LogP contribution in [0.25, 0.3) is 0 Å². The summed E-state index contributed by atoms with van der Waals surface area (Å²) in [5.41, 5.74) is 2.17. The molecule has 5 heteroatoms. The van der Waals surface area contributed by atoms with Crippen LogP contribution in [0, 0.1) is 6.92 Å². The van der Waals surface area contributed by atoms with Crippen molar-refractivity contribution in [3.05, 3.63) is 57.9 Å². The maximum Gasteiger partial charge on any atom is 0.312 e. The third-order valence-corrected chi connectivity index (χ3v) is 3.46. The highest BCUT2D eigenvalue weighted by atomic mass is 35.5. The van der Waals surface area contributed by atoms with Crippen molar-refractivity contribution >= 4 is 23.4 Å². The van der Waals surface area contributed by atoms with Gasteiger partial charge < -0.3 is 10.1 Å². The summed E-state index contributed by atoms with van der Waals surface area (Å²) in [4.78, 5) is 26.3. The molecule has 1 atom stereocenters. The summed E-state index contributed by atoms with van der Waals surface area (Å²) in [5.74, 6) is -1.79. The zero-order valence-corrected chi connectivity index (χ0v) is 11.9. The standard InChI is InChI=1S/C15H14ClNO3/c1-8-7-12(9(2)15(19)20)17-13(8)14(18)10-3-5-11(16)6-4-10/h3-7,9,17H,1-2H3,(H,19,20). The Morgan fingerprint density at radius 2 is 1.85 bits per heavy atom. The molecule has 2 N–H and O–H groups in total. The van der Waals surface area contributed by atoms with Crippen LogP contribution >= 0.6 is 11.6 Å². The van der Waals surface area contributed by atoms with Gasteiger partial charge >= 0.3 is 5.97 Å². The van der Waals surface area contributed by atoms with Crippen LogP contribution in [0.5, 0.6) is 0 Å². The fourth-order valence-corrected chi connectivity index (χ4v) is 2.06. The Morgan fingerprint density at radius 3 is 2.40 bits per heavy atom. The molecule has 2 aromatic rings. The molecule has 20 heavy (non-hydrogen) atoms. The molecule has 1 aromatic carbocycles. The van der Waals surface area contributed by atoms with Crippen LogP contribution in [0.15, 0.2) is 30.3 Å². The van der Waals surface area contributed by atoms with Crippen molar-refractivity contribution in [1.29, 1.82) is 0 Å². The fraction of sp³-hybridized carbons (Fsp3) is 0.200. The van der Waals surface area contributed by atoms with E-state index >= 15 is 0 Å². The number of aromatic amines is 1. The number of hydrogen-bond acceptors (Lipinski definition) is 2. The molecule has 2 rings (SSSR count). The quantitative estimate of drug-likeness (QED) is 0.848. The van der Waals surface area contributed by atoms with Crippen LogP contribution in [-0.4, -0.2) is 21.8 Å². The number of nitrogens with one attached hydrogen (secondary N) is 1. The summed E-state index contributed by atoms with van der Waals surface area (Å²) in [6.45, 7) is 3.35. The minimum atomic E-state index is -0.934.